The largest absolute Gasteiger partial charge is 0.397 e. The second-order valence-electron chi connectivity index (χ2n) is 4.86. The Hall–Kier alpha value is -1.45. The van der Waals surface area contributed by atoms with E-state index in [1.54, 1.807) is 16.8 Å². The standard InChI is InChI=1S/C12H21N3O/c1-5-6-12(2,3)14-11(16)10-7-9(13)8-15(10)4/h7-8H,5-6,13H2,1-4H3,(H,14,16). The topological polar surface area (TPSA) is 60.1 Å². The molecule has 1 heterocycles. The van der Waals surface area contributed by atoms with Gasteiger partial charge in [-0.05, 0) is 26.3 Å². The zero-order valence-electron chi connectivity index (χ0n) is 10.5. The van der Waals surface area contributed by atoms with E-state index in [2.05, 4.69) is 12.2 Å². The van der Waals surface area contributed by atoms with E-state index in [1.807, 2.05) is 20.9 Å². The summed E-state index contributed by atoms with van der Waals surface area (Å²) in [6.45, 7) is 6.16. The normalized spacial score (nSPS) is 11.5. The molecule has 0 atom stereocenters. The average molecular weight is 223 g/mol. The van der Waals surface area contributed by atoms with Crippen molar-refractivity contribution in [3.8, 4) is 0 Å². The number of carbonyl (C=O) groups excluding carboxylic acids is 1. The van der Waals surface area contributed by atoms with E-state index in [9.17, 15) is 4.79 Å². The number of hydrogen-bond donors (Lipinski definition) is 2. The minimum Gasteiger partial charge on any atom is -0.397 e. The van der Waals surface area contributed by atoms with Gasteiger partial charge in [-0.3, -0.25) is 4.79 Å². The third-order valence-electron chi connectivity index (χ3n) is 2.59. The van der Waals surface area contributed by atoms with Crippen molar-refractivity contribution in [3.05, 3.63) is 18.0 Å². The van der Waals surface area contributed by atoms with Crippen molar-refractivity contribution < 1.29 is 4.79 Å². The van der Waals surface area contributed by atoms with Crippen LogP contribution in [0.2, 0.25) is 0 Å². The Balaban J connectivity index is 2.76. The van der Waals surface area contributed by atoms with Crippen molar-refractivity contribution >= 4 is 11.6 Å². The molecule has 3 N–H and O–H groups in total. The monoisotopic (exact) mass is 223 g/mol. The number of hydrogen-bond acceptors (Lipinski definition) is 2. The van der Waals surface area contributed by atoms with Gasteiger partial charge in [0.1, 0.15) is 5.69 Å². The molecule has 0 aliphatic heterocycles. The molecule has 0 bridgehead atoms. The Labute approximate surface area is 96.8 Å². The summed E-state index contributed by atoms with van der Waals surface area (Å²) in [4.78, 5) is 12.0. The van der Waals surface area contributed by atoms with Crippen LogP contribution in [0.5, 0.6) is 0 Å². The molecule has 0 unspecified atom stereocenters. The molecule has 1 rings (SSSR count). The van der Waals surface area contributed by atoms with E-state index < -0.39 is 0 Å². The van der Waals surface area contributed by atoms with Gasteiger partial charge in [0.2, 0.25) is 0 Å². The predicted octanol–water partition coefficient (Wildman–Crippen LogP) is 1.92. The fourth-order valence-electron chi connectivity index (χ4n) is 1.87. The smallest absolute Gasteiger partial charge is 0.268 e. The summed E-state index contributed by atoms with van der Waals surface area (Å²) in [6, 6.07) is 1.69. The molecule has 0 aromatic carbocycles. The molecule has 1 aromatic heterocycles. The lowest BCUT2D eigenvalue weighted by molar-refractivity contribution is 0.0900. The minimum absolute atomic E-state index is 0.0716. The first-order chi connectivity index (χ1) is 7.35. The van der Waals surface area contributed by atoms with Gasteiger partial charge in [-0.25, -0.2) is 0 Å². The number of nitrogens with one attached hydrogen (secondary N) is 1. The number of rotatable bonds is 4. The fraction of sp³-hybridized carbons (Fsp3) is 0.583. The predicted molar refractivity (Wildman–Crippen MR) is 66.3 cm³/mol. The van der Waals surface area contributed by atoms with Crippen LogP contribution < -0.4 is 11.1 Å². The number of nitrogen functional groups attached to an aromatic ring is 1. The molecule has 0 saturated heterocycles. The number of carbonyl (C=O) groups is 1. The van der Waals surface area contributed by atoms with Crippen molar-refractivity contribution in [3.63, 3.8) is 0 Å². The highest BCUT2D eigenvalue weighted by atomic mass is 16.2. The van der Waals surface area contributed by atoms with E-state index in [0.29, 0.717) is 11.4 Å². The summed E-state index contributed by atoms with van der Waals surface area (Å²) in [6.07, 6.45) is 3.74. The molecule has 90 valence electrons. The van der Waals surface area contributed by atoms with Gasteiger partial charge < -0.3 is 15.6 Å². The summed E-state index contributed by atoms with van der Waals surface area (Å²) in [7, 11) is 1.82. The maximum Gasteiger partial charge on any atom is 0.268 e. The van der Waals surface area contributed by atoms with Gasteiger partial charge >= 0.3 is 0 Å². The number of anilines is 1. The third kappa shape index (κ3) is 3.02. The number of amides is 1. The summed E-state index contributed by atoms with van der Waals surface area (Å²) in [5.41, 5.74) is 6.67. The molecular weight excluding hydrogens is 202 g/mol. The van der Waals surface area contributed by atoms with Crippen LogP contribution in [0.3, 0.4) is 0 Å². The molecule has 16 heavy (non-hydrogen) atoms. The van der Waals surface area contributed by atoms with Gasteiger partial charge in [0.05, 0.1) is 5.69 Å². The second kappa shape index (κ2) is 4.60. The molecule has 0 aliphatic carbocycles. The second-order valence-corrected chi connectivity index (χ2v) is 4.86. The van der Waals surface area contributed by atoms with Gasteiger partial charge in [0, 0.05) is 18.8 Å². The van der Waals surface area contributed by atoms with E-state index in [4.69, 9.17) is 5.73 Å². The van der Waals surface area contributed by atoms with Gasteiger partial charge in [0.15, 0.2) is 0 Å². The Morgan fingerprint density at radius 1 is 1.56 bits per heavy atom. The Morgan fingerprint density at radius 2 is 2.19 bits per heavy atom. The molecule has 0 saturated carbocycles. The van der Waals surface area contributed by atoms with E-state index in [0.717, 1.165) is 12.8 Å². The molecule has 0 spiro atoms. The lowest BCUT2D eigenvalue weighted by atomic mass is 9.99. The Bertz CT molecular complexity index is 380. The van der Waals surface area contributed by atoms with E-state index in [1.165, 1.54) is 0 Å². The van der Waals surface area contributed by atoms with Gasteiger partial charge in [-0.15, -0.1) is 0 Å². The first-order valence-corrected chi connectivity index (χ1v) is 5.60. The summed E-state index contributed by atoms with van der Waals surface area (Å²) in [5, 5.41) is 3.01. The fourth-order valence-corrected chi connectivity index (χ4v) is 1.87. The average Bonchev–Trinajstić information content (AvgIpc) is 2.44. The highest BCUT2D eigenvalue weighted by Crippen LogP contribution is 2.14. The molecule has 0 fully saturated rings. The van der Waals surface area contributed by atoms with Gasteiger partial charge in [0.25, 0.3) is 5.91 Å². The molecule has 4 nitrogen and oxygen atoms in total. The molecule has 1 aromatic rings. The maximum absolute atomic E-state index is 12.0. The Morgan fingerprint density at radius 3 is 2.62 bits per heavy atom. The SMILES string of the molecule is CCCC(C)(C)NC(=O)c1cc(N)cn1C. The van der Waals surface area contributed by atoms with Crippen LogP contribution in [0.25, 0.3) is 0 Å². The zero-order chi connectivity index (χ0) is 12.3. The van der Waals surface area contributed by atoms with Crippen molar-refractivity contribution in [1.82, 2.24) is 9.88 Å². The molecule has 0 radical (unpaired) electrons. The molecular formula is C12H21N3O. The van der Waals surface area contributed by atoms with Crippen molar-refractivity contribution in [2.75, 3.05) is 5.73 Å². The van der Waals surface area contributed by atoms with Crippen LogP contribution in [0.1, 0.15) is 44.1 Å². The molecule has 4 heteroatoms. The van der Waals surface area contributed by atoms with Crippen LogP contribution in [0, 0.1) is 0 Å². The molecule has 0 aliphatic rings. The summed E-state index contributed by atoms with van der Waals surface area (Å²) < 4.78 is 1.74. The lowest BCUT2D eigenvalue weighted by Crippen LogP contribution is -2.43. The van der Waals surface area contributed by atoms with Crippen molar-refractivity contribution in [2.24, 2.45) is 7.05 Å². The highest BCUT2D eigenvalue weighted by molar-refractivity contribution is 5.94. The van der Waals surface area contributed by atoms with Crippen molar-refractivity contribution in [2.45, 2.75) is 39.2 Å². The maximum atomic E-state index is 12.0. The third-order valence-corrected chi connectivity index (χ3v) is 2.59. The number of aryl methyl sites for hydroxylation is 1. The zero-order valence-corrected chi connectivity index (χ0v) is 10.5. The lowest BCUT2D eigenvalue weighted by Gasteiger charge is -2.25. The quantitative estimate of drug-likeness (QED) is 0.819. The van der Waals surface area contributed by atoms with Gasteiger partial charge in [-0.1, -0.05) is 13.3 Å². The van der Waals surface area contributed by atoms with Crippen LogP contribution in [-0.2, 0) is 7.05 Å². The first kappa shape index (κ1) is 12.6. The Kier molecular flexibility index (Phi) is 3.62. The summed E-state index contributed by atoms with van der Waals surface area (Å²) >= 11 is 0. The minimum atomic E-state index is -0.176. The number of nitrogens with zero attached hydrogens (tertiary/aromatic N) is 1. The van der Waals surface area contributed by atoms with Crippen LogP contribution in [0.15, 0.2) is 12.3 Å². The van der Waals surface area contributed by atoms with Crippen LogP contribution >= 0.6 is 0 Å². The van der Waals surface area contributed by atoms with E-state index in [-0.39, 0.29) is 11.4 Å². The van der Waals surface area contributed by atoms with Crippen LogP contribution in [0.4, 0.5) is 5.69 Å². The highest BCUT2D eigenvalue weighted by Gasteiger charge is 2.21. The number of aromatic nitrogens is 1. The van der Waals surface area contributed by atoms with E-state index >= 15 is 0 Å². The van der Waals surface area contributed by atoms with Gasteiger partial charge in [-0.2, -0.15) is 0 Å². The number of nitrogens with two attached hydrogens (primary N) is 1. The molecule has 1 amide bonds. The van der Waals surface area contributed by atoms with Crippen molar-refractivity contribution in [1.29, 1.82) is 0 Å². The first-order valence-electron chi connectivity index (χ1n) is 5.60. The van der Waals surface area contributed by atoms with Crippen LogP contribution in [-0.4, -0.2) is 16.0 Å². The summed E-state index contributed by atoms with van der Waals surface area (Å²) in [5.74, 6) is -0.0716.